The second kappa shape index (κ2) is 7.05. The van der Waals surface area contributed by atoms with E-state index in [-0.39, 0.29) is 12.3 Å². The van der Waals surface area contributed by atoms with E-state index in [4.69, 9.17) is 4.74 Å². The fourth-order valence-corrected chi connectivity index (χ4v) is 3.41. The molecule has 0 spiro atoms. The summed E-state index contributed by atoms with van der Waals surface area (Å²) in [6.07, 6.45) is -0.227. The van der Waals surface area contributed by atoms with E-state index >= 15 is 0 Å². The second-order valence-electron chi connectivity index (χ2n) is 5.94. The number of nitrogens with one attached hydrogen (secondary N) is 1. The number of hydrogen-bond donors (Lipinski definition) is 2. The molecule has 5 nitrogen and oxygen atoms in total. The van der Waals surface area contributed by atoms with Crippen LogP contribution in [0.4, 0.5) is 0 Å². The van der Waals surface area contributed by atoms with Gasteiger partial charge in [-0.15, -0.1) is 11.3 Å². The van der Waals surface area contributed by atoms with Crippen molar-refractivity contribution < 1.29 is 19.4 Å². The fourth-order valence-electron chi connectivity index (χ4n) is 2.48. The standard InChI is InChI=1S/C18H21NO4S/c1-11-8-15(24-12(11)2)17(22)19-18(3,10-16(20)21)13-6-5-7-14(9-13)23-4/h5-9H,10H2,1-4H3,(H,19,22)(H,20,21). The molecule has 128 valence electrons. The van der Waals surface area contributed by atoms with Gasteiger partial charge in [-0.2, -0.15) is 0 Å². The molecule has 0 saturated heterocycles. The number of thiophene rings is 1. The van der Waals surface area contributed by atoms with Gasteiger partial charge >= 0.3 is 5.97 Å². The molecule has 1 atom stereocenters. The Bertz CT molecular complexity index is 749. The number of carbonyl (C=O) groups is 2. The van der Waals surface area contributed by atoms with Crippen LogP contribution in [0, 0.1) is 13.8 Å². The second-order valence-corrected chi connectivity index (χ2v) is 7.19. The molecule has 1 unspecified atom stereocenters. The Labute approximate surface area is 145 Å². The SMILES string of the molecule is COc1cccc(C(C)(CC(=O)O)NC(=O)c2cc(C)c(C)s2)c1. The van der Waals surface area contributed by atoms with Gasteiger partial charge < -0.3 is 15.2 Å². The molecule has 1 amide bonds. The van der Waals surface area contributed by atoms with Gasteiger partial charge in [0, 0.05) is 4.88 Å². The minimum absolute atomic E-state index is 0.227. The molecule has 0 saturated carbocycles. The van der Waals surface area contributed by atoms with Crippen molar-refractivity contribution in [2.75, 3.05) is 7.11 Å². The van der Waals surface area contributed by atoms with Crippen molar-refractivity contribution in [2.45, 2.75) is 32.7 Å². The van der Waals surface area contributed by atoms with Crippen LogP contribution in [0.3, 0.4) is 0 Å². The van der Waals surface area contributed by atoms with Crippen LogP contribution in [0.25, 0.3) is 0 Å². The van der Waals surface area contributed by atoms with Gasteiger partial charge in [0.1, 0.15) is 5.75 Å². The third-order valence-corrected chi connectivity index (χ3v) is 5.14. The quantitative estimate of drug-likeness (QED) is 0.839. The van der Waals surface area contributed by atoms with Crippen molar-refractivity contribution in [2.24, 2.45) is 0 Å². The third-order valence-electron chi connectivity index (χ3n) is 3.99. The molecule has 2 rings (SSSR count). The van der Waals surface area contributed by atoms with Crippen molar-refractivity contribution in [1.29, 1.82) is 0 Å². The number of aliphatic carboxylic acids is 1. The monoisotopic (exact) mass is 347 g/mol. The number of aryl methyl sites for hydroxylation is 2. The third kappa shape index (κ3) is 3.94. The smallest absolute Gasteiger partial charge is 0.306 e. The molecule has 6 heteroatoms. The van der Waals surface area contributed by atoms with Gasteiger partial charge in [0.2, 0.25) is 0 Å². The number of amides is 1. The van der Waals surface area contributed by atoms with Gasteiger partial charge in [-0.3, -0.25) is 9.59 Å². The molecule has 2 N–H and O–H groups in total. The number of benzene rings is 1. The Balaban J connectivity index is 2.36. The first-order valence-corrected chi connectivity index (χ1v) is 8.32. The van der Waals surface area contributed by atoms with E-state index in [0.717, 1.165) is 10.4 Å². The first-order valence-electron chi connectivity index (χ1n) is 7.51. The Morgan fingerprint density at radius 1 is 1.29 bits per heavy atom. The van der Waals surface area contributed by atoms with E-state index in [1.54, 1.807) is 38.3 Å². The highest BCUT2D eigenvalue weighted by molar-refractivity contribution is 7.14. The first-order chi connectivity index (χ1) is 11.2. The molecule has 0 aliphatic heterocycles. The number of rotatable bonds is 6. The summed E-state index contributed by atoms with van der Waals surface area (Å²) in [5.41, 5.74) is 0.692. The molecule has 1 aromatic carbocycles. The number of hydrogen-bond acceptors (Lipinski definition) is 4. The summed E-state index contributed by atoms with van der Waals surface area (Å²) >= 11 is 1.40. The van der Waals surface area contributed by atoms with Crippen LogP contribution in [0.5, 0.6) is 5.75 Å². The highest BCUT2D eigenvalue weighted by Crippen LogP contribution is 2.29. The lowest BCUT2D eigenvalue weighted by molar-refractivity contribution is -0.138. The van der Waals surface area contributed by atoms with E-state index in [2.05, 4.69) is 5.32 Å². The van der Waals surface area contributed by atoms with E-state index in [9.17, 15) is 14.7 Å². The highest BCUT2D eigenvalue weighted by atomic mass is 32.1. The molecule has 0 bridgehead atoms. The summed E-state index contributed by atoms with van der Waals surface area (Å²) in [6, 6.07) is 8.91. The summed E-state index contributed by atoms with van der Waals surface area (Å²) in [4.78, 5) is 25.6. The summed E-state index contributed by atoms with van der Waals surface area (Å²) in [6.45, 7) is 5.61. The van der Waals surface area contributed by atoms with Gasteiger partial charge in [-0.1, -0.05) is 12.1 Å². The molecule has 24 heavy (non-hydrogen) atoms. The van der Waals surface area contributed by atoms with Crippen LogP contribution in [0.2, 0.25) is 0 Å². The predicted octanol–water partition coefficient (Wildman–Crippen LogP) is 3.49. The Hall–Kier alpha value is -2.34. The minimum Gasteiger partial charge on any atom is -0.497 e. The lowest BCUT2D eigenvalue weighted by atomic mass is 9.88. The average molecular weight is 347 g/mol. The van der Waals surface area contributed by atoms with E-state index in [0.29, 0.717) is 16.2 Å². The summed E-state index contributed by atoms with van der Waals surface area (Å²) in [7, 11) is 1.55. The Kier molecular flexibility index (Phi) is 5.29. The molecule has 1 aromatic heterocycles. The number of carboxylic acids is 1. The van der Waals surface area contributed by atoms with Crippen LogP contribution >= 0.6 is 11.3 Å². The minimum atomic E-state index is -1.04. The van der Waals surface area contributed by atoms with Gasteiger partial charge in [-0.05, 0) is 50.1 Å². The van der Waals surface area contributed by atoms with Crippen molar-refractivity contribution >= 4 is 23.2 Å². The summed E-state index contributed by atoms with van der Waals surface area (Å²) < 4.78 is 5.21. The molecular formula is C18H21NO4S. The van der Waals surface area contributed by atoms with E-state index < -0.39 is 11.5 Å². The summed E-state index contributed by atoms with van der Waals surface area (Å²) in [5, 5.41) is 12.2. The van der Waals surface area contributed by atoms with Crippen LogP contribution in [0.1, 0.15) is 39.0 Å². The first kappa shape index (κ1) is 18.0. The van der Waals surface area contributed by atoms with Gasteiger partial charge in [0.25, 0.3) is 5.91 Å². The number of ether oxygens (including phenoxy) is 1. The molecular weight excluding hydrogens is 326 g/mol. The fraction of sp³-hybridized carbons (Fsp3) is 0.333. The van der Waals surface area contributed by atoms with Crippen LogP contribution in [0.15, 0.2) is 30.3 Å². The topological polar surface area (TPSA) is 75.6 Å². The molecule has 2 aromatic rings. The normalized spacial score (nSPS) is 13.2. The van der Waals surface area contributed by atoms with Crippen LogP contribution in [-0.2, 0) is 10.3 Å². The van der Waals surface area contributed by atoms with Crippen LogP contribution in [-0.4, -0.2) is 24.1 Å². The van der Waals surface area contributed by atoms with E-state index in [1.165, 1.54) is 11.3 Å². The molecule has 1 heterocycles. The maximum atomic E-state index is 12.6. The van der Waals surface area contributed by atoms with Crippen molar-refractivity contribution in [3.8, 4) is 5.75 Å². The van der Waals surface area contributed by atoms with Gasteiger partial charge in [0.15, 0.2) is 0 Å². The maximum Gasteiger partial charge on any atom is 0.306 e. The zero-order valence-corrected chi connectivity index (χ0v) is 15.0. The number of carboxylic acid groups (broad SMARTS) is 1. The Morgan fingerprint density at radius 2 is 2.00 bits per heavy atom. The zero-order valence-electron chi connectivity index (χ0n) is 14.2. The van der Waals surface area contributed by atoms with Crippen molar-refractivity contribution in [3.63, 3.8) is 0 Å². The Morgan fingerprint density at radius 3 is 2.54 bits per heavy atom. The summed E-state index contributed by atoms with van der Waals surface area (Å²) in [5.74, 6) is -0.650. The lowest BCUT2D eigenvalue weighted by Gasteiger charge is -2.30. The van der Waals surface area contributed by atoms with Crippen molar-refractivity contribution in [3.05, 3.63) is 51.2 Å². The predicted molar refractivity (Wildman–Crippen MR) is 93.9 cm³/mol. The maximum absolute atomic E-state index is 12.6. The molecule has 0 aliphatic rings. The average Bonchev–Trinajstić information content (AvgIpc) is 2.86. The highest BCUT2D eigenvalue weighted by Gasteiger charge is 2.32. The van der Waals surface area contributed by atoms with E-state index in [1.807, 2.05) is 19.9 Å². The van der Waals surface area contributed by atoms with Crippen LogP contribution < -0.4 is 10.1 Å². The molecule has 0 radical (unpaired) electrons. The lowest BCUT2D eigenvalue weighted by Crippen LogP contribution is -2.44. The molecule has 0 fully saturated rings. The largest absolute Gasteiger partial charge is 0.497 e. The van der Waals surface area contributed by atoms with Gasteiger partial charge in [-0.25, -0.2) is 0 Å². The number of methoxy groups -OCH3 is 1. The zero-order chi connectivity index (χ0) is 17.9. The number of carbonyl (C=O) groups excluding carboxylic acids is 1. The van der Waals surface area contributed by atoms with Crippen molar-refractivity contribution in [1.82, 2.24) is 5.32 Å². The van der Waals surface area contributed by atoms with Gasteiger partial charge in [0.05, 0.1) is 23.9 Å². The molecule has 0 aliphatic carbocycles.